The SMILES string of the molecule is C.CCC(O)C(C)(O)C(C)(C)C. The lowest BCUT2D eigenvalue weighted by Crippen LogP contribution is -2.49. The molecule has 0 amide bonds. The summed E-state index contributed by atoms with van der Waals surface area (Å²) >= 11 is 0. The van der Waals surface area contributed by atoms with E-state index in [1.807, 2.05) is 27.7 Å². The van der Waals surface area contributed by atoms with Crippen molar-refractivity contribution in [3.8, 4) is 0 Å². The second-order valence-corrected chi connectivity index (χ2v) is 4.32. The molecule has 0 aliphatic rings. The van der Waals surface area contributed by atoms with Gasteiger partial charge in [-0.2, -0.15) is 0 Å². The lowest BCUT2D eigenvalue weighted by Gasteiger charge is -2.40. The molecule has 2 nitrogen and oxygen atoms in total. The molecule has 2 unspecified atom stereocenters. The van der Waals surface area contributed by atoms with Crippen LogP contribution in [-0.4, -0.2) is 21.9 Å². The normalized spacial score (nSPS) is 19.2. The van der Waals surface area contributed by atoms with E-state index in [0.717, 1.165) is 0 Å². The van der Waals surface area contributed by atoms with Crippen molar-refractivity contribution < 1.29 is 10.2 Å². The van der Waals surface area contributed by atoms with E-state index < -0.39 is 11.7 Å². The van der Waals surface area contributed by atoms with E-state index in [1.165, 1.54) is 0 Å². The molecule has 2 atom stereocenters. The van der Waals surface area contributed by atoms with Crippen LogP contribution < -0.4 is 0 Å². The summed E-state index contributed by atoms with van der Waals surface area (Å²) in [4.78, 5) is 0. The van der Waals surface area contributed by atoms with E-state index in [4.69, 9.17) is 0 Å². The van der Waals surface area contributed by atoms with Crippen LogP contribution in [0.3, 0.4) is 0 Å². The summed E-state index contributed by atoms with van der Waals surface area (Å²) in [6.07, 6.45) is -0.0490. The molecule has 0 aromatic rings. The molecule has 0 fully saturated rings. The fraction of sp³-hybridized carbons (Fsp3) is 1.00. The molecular weight excluding hydrogens is 152 g/mol. The first-order chi connectivity index (χ1) is 4.73. The molecule has 0 bridgehead atoms. The number of rotatable bonds is 2. The highest BCUT2D eigenvalue weighted by Crippen LogP contribution is 2.33. The van der Waals surface area contributed by atoms with Crippen molar-refractivity contribution in [3.63, 3.8) is 0 Å². The van der Waals surface area contributed by atoms with Gasteiger partial charge in [-0.1, -0.05) is 35.1 Å². The Morgan fingerprint density at radius 3 is 1.58 bits per heavy atom. The molecule has 0 saturated carbocycles. The lowest BCUT2D eigenvalue weighted by atomic mass is 9.74. The minimum Gasteiger partial charge on any atom is -0.390 e. The van der Waals surface area contributed by atoms with Gasteiger partial charge in [0.05, 0.1) is 11.7 Å². The number of aliphatic hydroxyl groups excluding tert-OH is 1. The molecule has 2 N–H and O–H groups in total. The molecule has 0 aliphatic heterocycles. The molecule has 0 rings (SSSR count). The van der Waals surface area contributed by atoms with Gasteiger partial charge in [-0.25, -0.2) is 0 Å². The summed E-state index contributed by atoms with van der Waals surface area (Å²) in [7, 11) is 0. The van der Waals surface area contributed by atoms with Crippen LogP contribution in [-0.2, 0) is 0 Å². The first-order valence-corrected chi connectivity index (χ1v) is 4.14. The Morgan fingerprint density at radius 2 is 1.50 bits per heavy atom. The molecule has 2 heteroatoms. The molecule has 12 heavy (non-hydrogen) atoms. The van der Waals surface area contributed by atoms with Crippen LogP contribution in [0.4, 0.5) is 0 Å². The van der Waals surface area contributed by atoms with Gasteiger partial charge in [-0.05, 0) is 18.8 Å². The van der Waals surface area contributed by atoms with Crippen LogP contribution in [0.15, 0.2) is 0 Å². The largest absolute Gasteiger partial charge is 0.390 e. The third kappa shape index (κ3) is 2.76. The summed E-state index contributed by atoms with van der Waals surface area (Å²) < 4.78 is 0. The van der Waals surface area contributed by atoms with Crippen LogP contribution in [0.1, 0.15) is 48.5 Å². The van der Waals surface area contributed by atoms with Crippen molar-refractivity contribution >= 4 is 0 Å². The minimum absolute atomic E-state index is 0. The zero-order valence-electron chi connectivity index (χ0n) is 8.18. The first-order valence-electron chi connectivity index (χ1n) is 4.14. The zero-order chi connectivity index (χ0) is 9.28. The maximum absolute atomic E-state index is 9.87. The molecule has 76 valence electrons. The predicted octanol–water partition coefficient (Wildman–Crippen LogP) is 2.19. The van der Waals surface area contributed by atoms with Crippen molar-refractivity contribution in [2.45, 2.75) is 60.2 Å². The topological polar surface area (TPSA) is 40.5 Å². The third-order valence-corrected chi connectivity index (χ3v) is 2.55. The molecule has 0 aliphatic carbocycles. The van der Waals surface area contributed by atoms with E-state index in [0.29, 0.717) is 6.42 Å². The zero-order valence-corrected chi connectivity index (χ0v) is 8.18. The third-order valence-electron chi connectivity index (χ3n) is 2.55. The summed E-state index contributed by atoms with van der Waals surface area (Å²) in [6.45, 7) is 9.32. The average Bonchev–Trinajstić information content (AvgIpc) is 1.83. The second-order valence-electron chi connectivity index (χ2n) is 4.32. The molecule has 0 aromatic carbocycles. The Bertz CT molecular complexity index is 122. The molecule has 0 heterocycles. The average molecular weight is 176 g/mol. The summed E-state index contributed by atoms with van der Waals surface area (Å²) in [5.41, 5.74) is -1.27. The highest BCUT2D eigenvalue weighted by molar-refractivity contribution is 4.91. The lowest BCUT2D eigenvalue weighted by molar-refractivity contribution is -0.129. The van der Waals surface area contributed by atoms with E-state index in [9.17, 15) is 10.2 Å². The number of hydrogen-bond acceptors (Lipinski definition) is 2. The van der Waals surface area contributed by atoms with Crippen LogP contribution in [0.2, 0.25) is 0 Å². The van der Waals surface area contributed by atoms with Gasteiger partial charge in [0.15, 0.2) is 0 Å². The Morgan fingerprint density at radius 1 is 1.17 bits per heavy atom. The van der Waals surface area contributed by atoms with E-state index in [1.54, 1.807) is 6.92 Å². The molecule has 0 radical (unpaired) electrons. The van der Waals surface area contributed by atoms with Crippen molar-refractivity contribution in [2.24, 2.45) is 5.41 Å². The van der Waals surface area contributed by atoms with E-state index in [-0.39, 0.29) is 12.8 Å². The Kier molecular flexibility index (Phi) is 5.10. The van der Waals surface area contributed by atoms with Gasteiger partial charge in [0.2, 0.25) is 0 Å². The number of aliphatic hydroxyl groups is 2. The van der Waals surface area contributed by atoms with Crippen molar-refractivity contribution in [3.05, 3.63) is 0 Å². The predicted molar refractivity (Wildman–Crippen MR) is 53.1 cm³/mol. The monoisotopic (exact) mass is 176 g/mol. The fourth-order valence-corrected chi connectivity index (χ4v) is 0.897. The molecule has 0 spiro atoms. The maximum Gasteiger partial charge on any atom is 0.0925 e. The Hall–Kier alpha value is -0.0800. The number of hydrogen-bond donors (Lipinski definition) is 2. The molecule has 0 saturated heterocycles. The van der Waals surface area contributed by atoms with Crippen LogP contribution in [0, 0.1) is 5.41 Å². The van der Waals surface area contributed by atoms with Gasteiger partial charge < -0.3 is 10.2 Å². The summed E-state index contributed by atoms with van der Waals surface area (Å²) in [5, 5.41) is 19.3. The molecular formula is C10H24O2. The summed E-state index contributed by atoms with van der Waals surface area (Å²) in [5.74, 6) is 0. The Balaban J connectivity index is 0. The van der Waals surface area contributed by atoms with Gasteiger partial charge in [0.25, 0.3) is 0 Å². The standard InChI is InChI=1S/C9H20O2.CH4/c1-6-7(10)9(5,11)8(2,3)4;/h7,10-11H,6H2,1-5H3;1H4. The van der Waals surface area contributed by atoms with Gasteiger partial charge in [0, 0.05) is 0 Å². The first kappa shape index (κ1) is 14.4. The Labute approximate surface area is 76.6 Å². The smallest absolute Gasteiger partial charge is 0.0925 e. The maximum atomic E-state index is 9.87. The second kappa shape index (κ2) is 4.24. The van der Waals surface area contributed by atoms with Gasteiger partial charge in [0.1, 0.15) is 0 Å². The van der Waals surface area contributed by atoms with E-state index in [2.05, 4.69) is 0 Å². The van der Waals surface area contributed by atoms with Crippen LogP contribution in [0.5, 0.6) is 0 Å². The van der Waals surface area contributed by atoms with Crippen molar-refractivity contribution in [1.82, 2.24) is 0 Å². The van der Waals surface area contributed by atoms with Crippen LogP contribution >= 0.6 is 0 Å². The minimum atomic E-state index is -0.998. The molecule has 0 aromatic heterocycles. The highest BCUT2D eigenvalue weighted by atomic mass is 16.3. The summed E-state index contributed by atoms with van der Waals surface area (Å²) in [6, 6.07) is 0. The highest BCUT2D eigenvalue weighted by Gasteiger charge is 2.40. The van der Waals surface area contributed by atoms with Crippen molar-refractivity contribution in [2.75, 3.05) is 0 Å². The van der Waals surface area contributed by atoms with Crippen molar-refractivity contribution in [1.29, 1.82) is 0 Å². The van der Waals surface area contributed by atoms with Gasteiger partial charge >= 0.3 is 0 Å². The van der Waals surface area contributed by atoms with Gasteiger partial charge in [-0.3, -0.25) is 0 Å². The van der Waals surface area contributed by atoms with Gasteiger partial charge in [-0.15, -0.1) is 0 Å². The van der Waals surface area contributed by atoms with Crippen LogP contribution in [0.25, 0.3) is 0 Å². The fourth-order valence-electron chi connectivity index (χ4n) is 0.897. The quantitative estimate of drug-likeness (QED) is 0.677. The van der Waals surface area contributed by atoms with E-state index >= 15 is 0 Å².